The highest BCUT2D eigenvalue weighted by Gasteiger charge is 2.37. The van der Waals surface area contributed by atoms with E-state index in [0.717, 1.165) is 22.1 Å². The van der Waals surface area contributed by atoms with Crippen LogP contribution in [0.2, 0.25) is 5.02 Å². The minimum Gasteiger partial charge on any atom is -0.388 e. The molecule has 0 saturated heterocycles. The van der Waals surface area contributed by atoms with Crippen molar-refractivity contribution in [3.8, 4) is 5.82 Å². The number of rotatable bonds is 7. The molecule has 3 heterocycles. The lowest BCUT2D eigenvalue weighted by Gasteiger charge is -2.40. The van der Waals surface area contributed by atoms with E-state index in [1.807, 2.05) is 13.8 Å². The van der Waals surface area contributed by atoms with E-state index in [-0.39, 0.29) is 47.2 Å². The zero-order valence-corrected chi connectivity index (χ0v) is 20.3. The Morgan fingerprint density at radius 3 is 2.51 bits per heavy atom. The summed E-state index contributed by atoms with van der Waals surface area (Å²) in [6.45, 7) is 5.23. The predicted molar refractivity (Wildman–Crippen MR) is 127 cm³/mol. The summed E-state index contributed by atoms with van der Waals surface area (Å²) in [6.07, 6.45) is 1.52. The molecular formula is C23H25ClF2N6O3. The van der Waals surface area contributed by atoms with Gasteiger partial charge in [-0.15, -0.1) is 5.10 Å². The van der Waals surface area contributed by atoms with Crippen LogP contribution in [0, 0.1) is 11.6 Å². The molecule has 0 radical (unpaired) electrons. The number of carbonyl (C=O) groups is 1. The molecule has 0 aliphatic carbocycles. The summed E-state index contributed by atoms with van der Waals surface area (Å²) < 4.78 is 32.0. The summed E-state index contributed by atoms with van der Waals surface area (Å²) in [7, 11) is 0. The SMILES string of the molecule is CCC[C@H](C)N1CN(c2c(F)cccc2Cl)C(=O)c2cc(F)c(-n3nc(CO)n(CC)c3=O)nc21. The first-order valence-electron chi connectivity index (χ1n) is 11.3. The number of aromatic nitrogens is 4. The topological polar surface area (TPSA) is 96.5 Å². The van der Waals surface area contributed by atoms with Gasteiger partial charge in [0, 0.05) is 12.6 Å². The highest BCUT2D eigenvalue weighted by molar-refractivity contribution is 6.34. The standard InChI is InChI=1S/C23H25ClF2N6O3/c1-4-7-13(3)30-12-31(19-15(24)8-6-9-16(19)25)22(34)14-10-17(26)21(27-20(14)30)32-23(35)29(5-2)18(11-33)28-32/h6,8-10,13,33H,4-5,7,11-12H2,1-3H3/t13-/m0/s1. The zero-order valence-electron chi connectivity index (χ0n) is 19.5. The first kappa shape index (κ1) is 24.8. The van der Waals surface area contributed by atoms with Crippen LogP contribution in [0.15, 0.2) is 29.1 Å². The third-order valence-corrected chi connectivity index (χ3v) is 6.33. The summed E-state index contributed by atoms with van der Waals surface area (Å²) in [6, 6.07) is 4.91. The summed E-state index contributed by atoms with van der Waals surface area (Å²) in [4.78, 5) is 33.5. The maximum atomic E-state index is 15.3. The molecule has 0 unspecified atom stereocenters. The summed E-state index contributed by atoms with van der Waals surface area (Å²) in [5, 5.41) is 13.6. The van der Waals surface area contributed by atoms with Gasteiger partial charge in [0.25, 0.3) is 5.91 Å². The van der Waals surface area contributed by atoms with Crippen molar-refractivity contribution >= 4 is 29.0 Å². The molecule has 12 heteroatoms. The number of hydrogen-bond acceptors (Lipinski definition) is 6. The summed E-state index contributed by atoms with van der Waals surface area (Å²) in [5.41, 5.74) is -0.864. The molecule has 1 aliphatic rings. The van der Waals surface area contributed by atoms with Crippen LogP contribution < -0.4 is 15.5 Å². The van der Waals surface area contributed by atoms with Gasteiger partial charge < -0.3 is 10.0 Å². The number of nitrogens with zero attached hydrogens (tertiary/aromatic N) is 6. The van der Waals surface area contributed by atoms with Crippen molar-refractivity contribution in [2.24, 2.45) is 0 Å². The van der Waals surface area contributed by atoms with E-state index in [9.17, 15) is 19.1 Å². The first-order valence-corrected chi connectivity index (χ1v) is 11.6. The van der Waals surface area contributed by atoms with Gasteiger partial charge in [-0.1, -0.05) is 31.0 Å². The number of anilines is 2. The van der Waals surface area contributed by atoms with E-state index >= 15 is 4.39 Å². The Kier molecular flexibility index (Phi) is 6.91. The third kappa shape index (κ3) is 4.19. The zero-order chi connectivity index (χ0) is 25.4. The molecule has 2 aromatic heterocycles. The molecule has 35 heavy (non-hydrogen) atoms. The summed E-state index contributed by atoms with van der Waals surface area (Å²) >= 11 is 6.23. The molecule has 186 valence electrons. The van der Waals surface area contributed by atoms with Crippen LogP contribution in [0.3, 0.4) is 0 Å². The van der Waals surface area contributed by atoms with Gasteiger partial charge in [0.2, 0.25) is 0 Å². The fourth-order valence-electron chi connectivity index (χ4n) is 4.27. The smallest absolute Gasteiger partial charge is 0.352 e. The van der Waals surface area contributed by atoms with Gasteiger partial charge in [0.15, 0.2) is 17.5 Å². The lowest BCUT2D eigenvalue weighted by atomic mass is 10.1. The van der Waals surface area contributed by atoms with Gasteiger partial charge in [-0.25, -0.2) is 18.6 Å². The predicted octanol–water partition coefficient (Wildman–Crippen LogP) is 3.49. The minimum atomic E-state index is -0.964. The van der Waals surface area contributed by atoms with Gasteiger partial charge in [-0.05, 0) is 38.5 Å². The van der Waals surface area contributed by atoms with Gasteiger partial charge in [0.1, 0.15) is 30.6 Å². The Labute approximate surface area is 205 Å². The highest BCUT2D eigenvalue weighted by Crippen LogP contribution is 2.37. The Hall–Kier alpha value is -3.31. The van der Waals surface area contributed by atoms with Crippen LogP contribution in [0.5, 0.6) is 0 Å². The van der Waals surface area contributed by atoms with Crippen LogP contribution in [0.1, 0.15) is 49.8 Å². The number of carbonyl (C=O) groups excluding carboxylic acids is 1. The van der Waals surface area contributed by atoms with Crippen LogP contribution in [0.4, 0.5) is 20.3 Å². The van der Waals surface area contributed by atoms with Crippen molar-refractivity contribution in [3.05, 3.63) is 62.8 Å². The van der Waals surface area contributed by atoms with Crippen molar-refractivity contribution in [1.82, 2.24) is 19.3 Å². The van der Waals surface area contributed by atoms with Gasteiger partial charge in [-0.3, -0.25) is 14.3 Å². The lowest BCUT2D eigenvalue weighted by molar-refractivity contribution is 0.0979. The van der Waals surface area contributed by atoms with E-state index in [2.05, 4.69) is 10.1 Å². The number of hydrogen-bond donors (Lipinski definition) is 1. The quantitative estimate of drug-likeness (QED) is 0.527. The molecule has 9 nitrogen and oxygen atoms in total. The highest BCUT2D eigenvalue weighted by atomic mass is 35.5. The second-order valence-corrected chi connectivity index (χ2v) is 8.64. The van der Waals surface area contributed by atoms with Gasteiger partial charge in [-0.2, -0.15) is 4.68 Å². The number of aliphatic hydroxyl groups is 1. The monoisotopic (exact) mass is 506 g/mol. The Bertz CT molecular complexity index is 1320. The molecule has 1 N–H and O–H groups in total. The average molecular weight is 507 g/mol. The fourth-order valence-corrected chi connectivity index (χ4v) is 4.54. The number of pyridine rings is 1. The van der Waals surface area contributed by atoms with E-state index < -0.39 is 35.7 Å². The molecule has 1 amide bonds. The third-order valence-electron chi connectivity index (χ3n) is 6.02. The van der Waals surface area contributed by atoms with E-state index in [4.69, 9.17) is 11.6 Å². The van der Waals surface area contributed by atoms with Crippen molar-refractivity contribution in [2.45, 2.75) is 52.8 Å². The molecule has 1 atom stereocenters. The van der Waals surface area contributed by atoms with Gasteiger partial charge >= 0.3 is 5.69 Å². The Balaban J connectivity index is 1.91. The molecule has 0 fully saturated rings. The maximum Gasteiger partial charge on any atom is 0.352 e. The second-order valence-electron chi connectivity index (χ2n) is 8.23. The van der Waals surface area contributed by atoms with Crippen LogP contribution >= 0.6 is 11.6 Å². The molecule has 1 aromatic carbocycles. The number of amides is 1. The fraction of sp³-hybridized carbons (Fsp3) is 0.391. The van der Waals surface area contributed by atoms with Crippen LogP contribution in [-0.4, -0.2) is 43.1 Å². The van der Waals surface area contributed by atoms with E-state index in [1.54, 1.807) is 11.8 Å². The molecule has 0 saturated carbocycles. The second kappa shape index (κ2) is 9.74. The maximum absolute atomic E-state index is 15.3. The molecular weight excluding hydrogens is 482 g/mol. The van der Waals surface area contributed by atoms with Crippen molar-refractivity contribution in [3.63, 3.8) is 0 Å². The molecule has 0 spiro atoms. The minimum absolute atomic E-state index is 0.0446. The lowest BCUT2D eigenvalue weighted by Crippen LogP contribution is -2.51. The molecule has 3 aromatic rings. The van der Waals surface area contributed by atoms with E-state index in [0.29, 0.717) is 6.42 Å². The van der Waals surface area contributed by atoms with Crippen molar-refractivity contribution in [2.75, 3.05) is 16.5 Å². The van der Waals surface area contributed by atoms with E-state index in [1.165, 1.54) is 22.8 Å². The average Bonchev–Trinajstić information content (AvgIpc) is 3.15. The van der Waals surface area contributed by atoms with Crippen LogP contribution in [0.25, 0.3) is 5.82 Å². The van der Waals surface area contributed by atoms with Crippen LogP contribution in [-0.2, 0) is 13.2 Å². The Morgan fingerprint density at radius 2 is 1.91 bits per heavy atom. The molecule has 0 bridgehead atoms. The van der Waals surface area contributed by atoms with Gasteiger partial charge in [0.05, 0.1) is 10.6 Å². The number of para-hydroxylation sites is 1. The summed E-state index contributed by atoms with van der Waals surface area (Å²) in [5.74, 6) is -2.50. The van der Waals surface area contributed by atoms with Crippen molar-refractivity contribution < 1.29 is 18.7 Å². The number of fused-ring (bicyclic) bond motifs is 1. The Morgan fingerprint density at radius 1 is 1.17 bits per heavy atom. The number of halogens is 3. The van der Waals surface area contributed by atoms with Crippen molar-refractivity contribution in [1.29, 1.82) is 0 Å². The normalized spacial score (nSPS) is 14.4. The molecule has 4 rings (SSSR count). The first-order chi connectivity index (χ1) is 16.7. The molecule has 1 aliphatic heterocycles. The largest absolute Gasteiger partial charge is 0.388 e. The number of benzene rings is 1. The number of aliphatic hydroxyl groups excluding tert-OH is 1.